The third kappa shape index (κ3) is 5.18. The van der Waals surface area contributed by atoms with Crippen LogP contribution in [0.25, 0.3) is 28.0 Å². The molecule has 10 nitrogen and oxygen atoms in total. The lowest BCUT2D eigenvalue weighted by Gasteiger charge is -2.44. The number of carbonyl (C=O) groups is 1. The Labute approximate surface area is 253 Å². The number of piperazine rings is 1. The Hall–Kier alpha value is -4.74. The number of aromatic hydroxyl groups is 1. The zero-order valence-electron chi connectivity index (χ0n) is 25.5. The minimum absolute atomic E-state index is 0.00195. The second-order valence-corrected chi connectivity index (χ2v) is 11.7. The minimum Gasteiger partial charge on any atom is -0.507 e. The van der Waals surface area contributed by atoms with Crippen molar-refractivity contribution in [1.82, 2.24) is 29.4 Å². The van der Waals surface area contributed by atoms with Crippen LogP contribution in [0.15, 0.2) is 48.0 Å². The Kier molecular flexibility index (Phi) is 8.19. The zero-order valence-corrected chi connectivity index (χ0v) is 25.5. The van der Waals surface area contributed by atoms with Crippen molar-refractivity contribution >= 4 is 22.8 Å². The molecule has 1 aliphatic heterocycles. The van der Waals surface area contributed by atoms with Crippen molar-refractivity contribution in [2.45, 2.75) is 65.5 Å². The molecule has 1 aromatic carbocycles. The SMILES string of the molecule is C=CC(=O)N1CC(C)N(c2nc(=O)n(-c3c(C(C)C)ncnc3C(C)C)c3nc(-c4c(O)cccc4F)c(F)cc23)CC1C. The number of hydrogen-bond donors (Lipinski definition) is 1. The maximum atomic E-state index is 16.0. The van der Waals surface area contributed by atoms with Crippen LogP contribution >= 0.6 is 0 Å². The third-order valence-electron chi connectivity index (χ3n) is 7.94. The van der Waals surface area contributed by atoms with Crippen LogP contribution in [0.3, 0.4) is 0 Å². The molecule has 1 fully saturated rings. The number of aromatic nitrogens is 5. The molecule has 5 rings (SSSR count). The maximum Gasteiger partial charge on any atom is 0.355 e. The molecular weight excluding hydrogens is 568 g/mol. The van der Waals surface area contributed by atoms with Crippen molar-refractivity contribution in [3.8, 4) is 22.7 Å². The summed E-state index contributed by atoms with van der Waals surface area (Å²) >= 11 is 0. The van der Waals surface area contributed by atoms with Crippen LogP contribution in [-0.2, 0) is 4.79 Å². The first-order valence-corrected chi connectivity index (χ1v) is 14.5. The Morgan fingerprint density at radius 2 is 1.68 bits per heavy atom. The molecule has 12 heteroatoms. The predicted molar refractivity (Wildman–Crippen MR) is 164 cm³/mol. The van der Waals surface area contributed by atoms with E-state index in [0.717, 1.165) is 12.1 Å². The normalized spacial score (nSPS) is 17.1. The quantitative estimate of drug-likeness (QED) is 0.303. The number of nitrogens with zero attached hydrogens (tertiary/aromatic N) is 7. The summed E-state index contributed by atoms with van der Waals surface area (Å²) in [5.41, 5.74) is -0.114. The molecule has 1 saturated heterocycles. The molecule has 0 saturated carbocycles. The van der Waals surface area contributed by atoms with Crippen LogP contribution in [0.1, 0.15) is 64.8 Å². The highest BCUT2D eigenvalue weighted by Gasteiger charge is 2.34. The van der Waals surface area contributed by atoms with E-state index in [-0.39, 0.29) is 46.7 Å². The molecule has 0 spiro atoms. The average Bonchev–Trinajstić information content (AvgIpc) is 2.97. The van der Waals surface area contributed by atoms with Gasteiger partial charge in [-0.05, 0) is 50.0 Å². The molecule has 0 radical (unpaired) electrons. The lowest BCUT2D eigenvalue weighted by molar-refractivity contribution is -0.128. The Bertz CT molecular complexity index is 1790. The van der Waals surface area contributed by atoms with Gasteiger partial charge in [-0.2, -0.15) is 4.98 Å². The molecule has 1 amide bonds. The first-order chi connectivity index (χ1) is 20.8. The topological polar surface area (TPSA) is 117 Å². The summed E-state index contributed by atoms with van der Waals surface area (Å²) in [5, 5.41) is 10.7. The second kappa shape index (κ2) is 11.7. The number of rotatable bonds is 6. The van der Waals surface area contributed by atoms with Crippen molar-refractivity contribution in [3.05, 3.63) is 76.8 Å². The molecule has 1 aliphatic rings. The molecule has 0 bridgehead atoms. The number of halogens is 2. The maximum absolute atomic E-state index is 16.0. The van der Waals surface area contributed by atoms with Crippen molar-refractivity contribution < 1.29 is 18.7 Å². The lowest BCUT2D eigenvalue weighted by Crippen LogP contribution is -2.58. The number of amides is 1. The largest absolute Gasteiger partial charge is 0.507 e. The van der Waals surface area contributed by atoms with E-state index < -0.39 is 34.3 Å². The summed E-state index contributed by atoms with van der Waals surface area (Å²) in [6.45, 7) is 15.6. The van der Waals surface area contributed by atoms with Crippen LogP contribution in [0, 0.1) is 11.6 Å². The van der Waals surface area contributed by atoms with Crippen LogP contribution in [-0.4, -0.2) is 65.6 Å². The Morgan fingerprint density at radius 3 is 2.27 bits per heavy atom. The smallest absolute Gasteiger partial charge is 0.355 e. The number of phenolic OH excluding ortho intramolecular Hbond substituents is 1. The number of benzene rings is 1. The van der Waals surface area contributed by atoms with E-state index in [2.05, 4.69) is 26.5 Å². The number of phenols is 1. The summed E-state index contributed by atoms with van der Waals surface area (Å²) < 4.78 is 32.3. The average molecular weight is 604 g/mol. The highest BCUT2D eigenvalue weighted by Crippen LogP contribution is 2.37. The highest BCUT2D eigenvalue weighted by atomic mass is 19.1. The van der Waals surface area contributed by atoms with Gasteiger partial charge in [0.15, 0.2) is 11.5 Å². The number of fused-ring (bicyclic) bond motifs is 1. The number of hydrogen-bond acceptors (Lipinski definition) is 8. The molecule has 2 atom stereocenters. The second-order valence-electron chi connectivity index (χ2n) is 11.7. The van der Waals surface area contributed by atoms with E-state index in [4.69, 9.17) is 0 Å². The molecule has 4 aromatic rings. The van der Waals surface area contributed by atoms with Gasteiger partial charge in [0.05, 0.1) is 28.0 Å². The van der Waals surface area contributed by atoms with Gasteiger partial charge in [-0.1, -0.05) is 40.3 Å². The first-order valence-electron chi connectivity index (χ1n) is 14.5. The Morgan fingerprint density at radius 1 is 1.02 bits per heavy atom. The molecule has 2 unspecified atom stereocenters. The van der Waals surface area contributed by atoms with Crippen molar-refractivity contribution in [2.24, 2.45) is 0 Å². The van der Waals surface area contributed by atoms with Gasteiger partial charge in [0.2, 0.25) is 5.91 Å². The van der Waals surface area contributed by atoms with Gasteiger partial charge in [-0.3, -0.25) is 4.79 Å². The van der Waals surface area contributed by atoms with Gasteiger partial charge >= 0.3 is 5.69 Å². The molecular formula is C32H35F2N7O3. The highest BCUT2D eigenvalue weighted by molar-refractivity contribution is 5.91. The van der Waals surface area contributed by atoms with Crippen LogP contribution in [0.2, 0.25) is 0 Å². The van der Waals surface area contributed by atoms with Crippen molar-refractivity contribution in [1.29, 1.82) is 0 Å². The van der Waals surface area contributed by atoms with E-state index in [9.17, 15) is 14.7 Å². The molecule has 44 heavy (non-hydrogen) atoms. The van der Waals surface area contributed by atoms with E-state index in [1.54, 1.807) is 4.90 Å². The molecule has 1 N–H and O–H groups in total. The first kappa shape index (κ1) is 30.7. The Balaban J connectivity index is 1.88. The van der Waals surface area contributed by atoms with Gasteiger partial charge in [-0.15, -0.1) is 0 Å². The van der Waals surface area contributed by atoms with Crippen molar-refractivity contribution in [3.63, 3.8) is 0 Å². The number of pyridine rings is 1. The van der Waals surface area contributed by atoms with Gasteiger partial charge in [-0.25, -0.2) is 33.1 Å². The zero-order chi connectivity index (χ0) is 32.0. The van der Waals surface area contributed by atoms with Crippen LogP contribution in [0.4, 0.5) is 14.6 Å². The molecule has 4 heterocycles. The predicted octanol–water partition coefficient (Wildman–Crippen LogP) is 5.08. The van der Waals surface area contributed by atoms with Crippen LogP contribution < -0.4 is 10.6 Å². The molecule has 0 aliphatic carbocycles. The summed E-state index contributed by atoms with van der Waals surface area (Å²) in [4.78, 5) is 48.2. The third-order valence-corrected chi connectivity index (χ3v) is 7.94. The van der Waals surface area contributed by atoms with Gasteiger partial charge in [0.1, 0.15) is 29.4 Å². The monoisotopic (exact) mass is 603 g/mol. The van der Waals surface area contributed by atoms with Gasteiger partial charge < -0.3 is 14.9 Å². The molecule has 3 aromatic heterocycles. The van der Waals surface area contributed by atoms with E-state index in [0.29, 0.717) is 30.2 Å². The fourth-order valence-electron chi connectivity index (χ4n) is 5.78. The van der Waals surface area contributed by atoms with Crippen molar-refractivity contribution in [2.75, 3.05) is 18.0 Å². The van der Waals surface area contributed by atoms with Gasteiger partial charge in [0.25, 0.3) is 0 Å². The lowest BCUT2D eigenvalue weighted by atomic mass is 10.0. The minimum atomic E-state index is -0.912. The number of anilines is 1. The van der Waals surface area contributed by atoms with Crippen LogP contribution in [0.5, 0.6) is 5.75 Å². The fourth-order valence-corrected chi connectivity index (χ4v) is 5.78. The standard InChI is InChI=1S/C32H35F2N7O3/c1-8-24(43)39-13-19(7)40(14-18(39)6)30-20-12-22(34)28(25-21(33)10-9-11-23(25)42)37-31(20)41(32(44)38-30)29-26(16(2)3)35-15-36-27(29)17(4)5/h8-12,15-19,42H,1,13-14H2,2-7H3. The summed E-state index contributed by atoms with van der Waals surface area (Å²) in [6, 6.07) is 4.21. The van der Waals surface area contributed by atoms with E-state index in [1.807, 2.05) is 46.4 Å². The number of carbonyl (C=O) groups excluding carboxylic acids is 1. The summed E-state index contributed by atoms with van der Waals surface area (Å²) in [5.74, 6) is -2.61. The van der Waals surface area contributed by atoms with E-state index >= 15 is 8.78 Å². The van der Waals surface area contributed by atoms with E-state index in [1.165, 1.54) is 29.1 Å². The fraction of sp³-hybridized carbons (Fsp3) is 0.375. The van der Waals surface area contributed by atoms with Gasteiger partial charge in [0, 0.05) is 25.2 Å². The molecule has 230 valence electrons. The summed E-state index contributed by atoms with van der Waals surface area (Å²) in [6.07, 6.45) is 2.69. The summed E-state index contributed by atoms with van der Waals surface area (Å²) in [7, 11) is 0.